The average molecular weight is 280 g/mol. The highest BCUT2D eigenvalue weighted by molar-refractivity contribution is 6.31. The lowest BCUT2D eigenvalue weighted by atomic mass is 9.75. The van der Waals surface area contributed by atoms with Gasteiger partial charge in [-0.2, -0.15) is 0 Å². The van der Waals surface area contributed by atoms with Crippen molar-refractivity contribution in [2.45, 2.75) is 31.1 Å². The van der Waals surface area contributed by atoms with Gasteiger partial charge in [0.25, 0.3) is 0 Å². The fourth-order valence-electron chi connectivity index (χ4n) is 1.78. The molecule has 1 saturated carbocycles. The number of carbonyl (C=O) groups excluding carboxylic acids is 1. The molecule has 1 atom stereocenters. The minimum atomic E-state index is -2.89. The number of hydrogen-bond acceptors (Lipinski definition) is 2. The maximum absolute atomic E-state index is 12.7. The van der Waals surface area contributed by atoms with Gasteiger partial charge in [-0.15, -0.1) is 12.4 Å². The van der Waals surface area contributed by atoms with Gasteiger partial charge in [-0.05, 0) is 31.4 Å². The van der Waals surface area contributed by atoms with Gasteiger partial charge in [-0.25, -0.2) is 0 Å². The van der Waals surface area contributed by atoms with E-state index in [1.165, 1.54) is 19.2 Å². The zero-order valence-electron chi connectivity index (χ0n) is 15.2. The van der Waals surface area contributed by atoms with E-state index in [0.29, 0.717) is 0 Å². The van der Waals surface area contributed by atoms with Gasteiger partial charge < -0.3 is 5.32 Å². The number of rotatable bonds is 2. The van der Waals surface area contributed by atoms with E-state index in [-0.39, 0.29) is 23.0 Å². The van der Waals surface area contributed by atoms with Gasteiger partial charge in [0.1, 0.15) is 5.54 Å². The van der Waals surface area contributed by atoms with Crippen LogP contribution in [0.15, 0.2) is 24.3 Å². The number of nitrogens with one attached hydrogen (secondary N) is 1. The summed E-state index contributed by atoms with van der Waals surface area (Å²) >= 11 is 6.11. The number of hydrogen-bond donors (Lipinski definition) is 1. The first-order valence-electron chi connectivity index (χ1n) is 7.93. The predicted octanol–water partition coefficient (Wildman–Crippen LogP) is 3.32. The number of likely N-dealkylation sites (N-methyl/N-ethyl adjacent to an activating group) is 1. The summed E-state index contributed by atoms with van der Waals surface area (Å²) in [6.07, 6.45) is -9.10. The molecule has 0 unspecified atom stereocenters. The summed E-state index contributed by atoms with van der Waals surface area (Å²) in [6.45, 7) is 0. The van der Waals surface area contributed by atoms with E-state index >= 15 is 0 Å². The van der Waals surface area contributed by atoms with Gasteiger partial charge in [0, 0.05) is 19.7 Å². The van der Waals surface area contributed by atoms with Gasteiger partial charge in [-0.1, -0.05) is 36.2 Å². The molecule has 2 rings (SSSR count). The molecular formula is C13H17Cl2NO. The largest absolute Gasteiger partial charge is 0.304 e. The summed E-state index contributed by atoms with van der Waals surface area (Å²) in [5.74, 6) is -0.770. The molecule has 1 aromatic rings. The fourth-order valence-corrected chi connectivity index (χ4v) is 2.06. The fraction of sp³-hybridized carbons (Fsp3) is 0.462. The Hall–Kier alpha value is -0.570. The molecular weight excluding hydrogens is 257 g/mol. The van der Waals surface area contributed by atoms with Crippen molar-refractivity contribution in [2.24, 2.45) is 0 Å². The minimum absolute atomic E-state index is 0. The van der Waals surface area contributed by atoms with Crippen molar-refractivity contribution in [2.75, 3.05) is 7.05 Å². The monoisotopic (exact) mass is 279 g/mol. The first kappa shape index (κ1) is 7.78. The molecule has 4 heteroatoms. The Morgan fingerprint density at radius 1 is 1.41 bits per heavy atom. The summed E-state index contributed by atoms with van der Waals surface area (Å²) in [4.78, 5) is 12.7. The molecule has 1 fully saturated rings. The van der Waals surface area contributed by atoms with Crippen molar-refractivity contribution in [3.8, 4) is 0 Å². The second kappa shape index (κ2) is 5.85. The molecule has 0 radical (unpaired) electrons. The third-order valence-corrected chi connectivity index (χ3v) is 2.99. The van der Waals surface area contributed by atoms with Crippen LogP contribution in [0.3, 0.4) is 0 Å². The Kier molecular flexibility index (Phi) is 2.68. The van der Waals surface area contributed by atoms with Crippen molar-refractivity contribution in [3.63, 3.8) is 0 Å². The van der Waals surface area contributed by atoms with Crippen LogP contribution in [0.5, 0.6) is 0 Å². The highest BCUT2D eigenvalue weighted by Crippen LogP contribution is 2.37. The van der Waals surface area contributed by atoms with Crippen molar-refractivity contribution in [1.82, 2.24) is 5.32 Å². The molecule has 17 heavy (non-hydrogen) atoms. The highest BCUT2D eigenvalue weighted by atomic mass is 35.5. The predicted molar refractivity (Wildman–Crippen MR) is 72.9 cm³/mol. The molecule has 0 heterocycles. The van der Waals surface area contributed by atoms with Crippen molar-refractivity contribution in [1.29, 1.82) is 0 Å². The van der Waals surface area contributed by atoms with E-state index in [1.807, 2.05) is 0 Å². The first-order valence-corrected chi connectivity index (χ1v) is 5.31. The molecule has 1 aliphatic carbocycles. The molecule has 0 amide bonds. The summed E-state index contributed by atoms with van der Waals surface area (Å²) in [6, 6.07) is 6.12. The molecule has 1 N–H and O–H groups in total. The minimum Gasteiger partial charge on any atom is -0.304 e. The van der Waals surface area contributed by atoms with E-state index in [2.05, 4.69) is 5.32 Å². The molecule has 0 spiro atoms. The van der Waals surface area contributed by atoms with Crippen molar-refractivity contribution >= 4 is 29.8 Å². The number of carbonyl (C=O) groups is 1. The van der Waals surface area contributed by atoms with Crippen LogP contribution in [-0.2, 0) is 10.3 Å². The summed E-state index contributed by atoms with van der Waals surface area (Å²) < 4.78 is 48.0. The van der Waals surface area contributed by atoms with E-state index in [9.17, 15) is 4.79 Å². The van der Waals surface area contributed by atoms with Crippen LogP contribution in [0, 0.1) is 0 Å². The Morgan fingerprint density at radius 2 is 2.12 bits per heavy atom. The second-order valence-corrected chi connectivity index (χ2v) is 3.91. The number of Topliss-reactive ketones (excluding diaryl/α,β-unsaturated/α-hetero) is 1. The van der Waals surface area contributed by atoms with Gasteiger partial charge in [-0.3, -0.25) is 4.79 Å². The lowest BCUT2D eigenvalue weighted by molar-refractivity contribution is -0.127. The maximum Gasteiger partial charge on any atom is 0.157 e. The number of halogens is 2. The molecule has 94 valence electrons. The van der Waals surface area contributed by atoms with Gasteiger partial charge in [0.2, 0.25) is 0 Å². The molecule has 2 nitrogen and oxygen atoms in total. The zero-order valence-corrected chi connectivity index (χ0v) is 10.8. The molecule has 0 bridgehead atoms. The zero-order chi connectivity index (χ0) is 17.0. The topological polar surface area (TPSA) is 29.1 Å². The van der Waals surface area contributed by atoms with Gasteiger partial charge in [0.05, 0.1) is 0 Å². The number of ketones is 1. The standard InChI is InChI=1S/C13H16ClNO.ClH/c1-15-13(9-5-4-8-12(13)16)10-6-2-3-7-11(10)14;/h2-3,6-7,15H,4-5,8-9H2,1H3;1H/t13-;/m0./s1/i4D2,5D2,9D2;. The average Bonchev–Trinajstić information content (AvgIpc) is 2.39. The van der Waals surface area contributed by atoms with E-state index in [4.69, 9.17) is 19.8 Å². The Labute approximate surface area is 122 Å². The third-order valence-electron chi connectivity index (χ3n) is 2.66. The van der Waals surface area contributed by atoms with Gasteiger partial charge >= 0.3 is 0 Å². The summed E-state index contributed by atoms with van der Waals surface area (Å²) in [5, 5.41) is 2.71. The van der Waals surface area contributed by atoms with Crippen LogP contribution in [0.1, 0.15) is 39.3 Å². The third kappa shape index (κ3) is 2.49. The number of benzene rings is 1. The van der Waals surface area contributed by atoms with Crippen LogP contribution < -0.4 is 5.32 Å². The van der Waals surface area contributed by atoms with Crippen LogP contribution >= 0.6 is 24.0 Å². The smallest absolute Gasteiger partial charge is 0.157 e. The van der Waals surface area contributed by atoms with E-state index < -0.39 is 36.9 Å². The Balaban J connectivity index is 0.00000264. The molecule has 0 aromatic heterocycles. The normalized spacial score (nSPS) is 38.4. The summed E-state index contributed by atoms with van der Waals surface area (Å²) in [7, 11) is 1.34. The molecule has 0 saturated heterocycles. The van der Waals surface area contributed by atoms with Crippen molar-refractivity contribution < 1.29 is 13.0 Å². The second-order valence-electron chi connectivity index (χ2n) is 3.51. The molecule has 0 aliphatic heterocycles. The van der Waals surface area contributed by atoms with Gasteiger partial charge in [0.15, 0.2) is 5.78 Å². The highest BCUT2D eigenvalue weighted by Gasteiger charge is 2.40. The van der Waals surface area contributed by atoms with Crippen LogP contribution in [-0.4, -0.2) is 12.8 Å². The molecule has 1 aromatic carbocycles. The summed E-state index contributed by atoms with van der Waals surface area (Å²) in [5.41, 5.74) is -1.95. The van der Waals surface area contributed by atoms with Crippen LogP contribution in [0.2, 0.25) is 5.02 Å². The Bertz CT molecular complexity index is 624. The quantitative estimate of drug-likeness (QED) is 0.900. The van der Waals surface area contributed by atoms with Crippen LogP contribution in [0.4, 0.5) is 0 Å². The maximum atomic E-state index is 12.7. The lowest BCUT2D eigenvalue weighted by Gasteiger charge is -2.36. The molecule has 1 aliphatic rings. The van der Waals surface area contributed by atoms with Crippen LogP contribution in [0.25, 0.3) is 0 Å². The van der Waals surface area contributed by atoms with Crippen molar-refractivity contribution in [3.05, 3.63) is 34.9 Å². The van der Waals surface area contributed by atoms with E-state index in [0.717, 1.165) is 0 Å². The lowest BCUT2D eigenvalue weighted by Crippen LogP contribution is -2.49. The SMILES string of the molecule is Cl.[2H]C1([2H])CC(=O)[C@@](NC)(c2ccccc2Cl)C([2H])([2H])C1([2H])[2H]. The first-order chi connectivity index (χ1) is 9.95. The van der Waals surface area contributed by atoms with E-state index in [1.54, 1.807) is 12.1 Å². The Morgan fingerprint density at radius 3 is 2.76 bits per heavy atom.